The number of aryl methyl sites for hydroxylation is 1. The van der Waals surface area contributed by atoms with E-state index in [-0.39, 0.29) is 5.97 Å². The van der Waals surface area contributed by atoms with Crippen LogP contribution in [0.25, 0.3) is 11.4 Å². The van der Waals surface area contributed by atoms with E-state index in [0.717, 1.165) is 27.9 Å². The maximum Gasteiger partial charge on any atom is 0.349 e. The van der Waals surface area contributed by atoms with E-state index >= 15 is 0 Å². The summed E-state index contributed by atoms with van der Waals surface area (Å²) in [5.41, 5.74) is 1.54. The maximum absolute atomic E-state index is 11.2. The van der Waals surface area contributed by atoms with Crippen molar-refractivity contribution < 1.29 is 9.53 Å². The lowest BCUT2D eigenvalue weighted by Crippen LogP contribution is -1.96. The average molecular weight is 240 g/mol. The highest BCUT2D eigenvalue weighted by Gasteiger charge is 2.12. The van der Waals surface area contributed by atoms with Gasteiger partial charge in [0.2, 0.25) is 0 Å². The lowest BCUT2D eigenvalue weighted by atomic mass is 10.3. The number of aromatic nitrogens is 2. The van der Waals surface area contributed by atoms with E-state index in [1.165, 1.54) is 7.11 Å². The highest BCUT2D eigenvalue weighted by molar-refractivity contribution is 7.10. The van der Waals surface area contributed by atoms with Crippen molar-refractivity contribution in [2.45, 2.75) is 6.92 Å². The van der Waals surface area contributed by atoms with Gasteiger partial charge < -0.3 is 4.74 Å². The standard InChI is InChI=1S/C9H8N2O2S2/c1-5-10-7(4-14-5)6-3-8(15-11-6)9(12)13-2/h3-4H,1-2H3. The fourth-order valence-corrected chi connectivity index (χ4v) is 2.35. The molecule has 0 fully saturated rings. The molecule has 0 aliphatic rings. The van der Waals surface area contributed by atoms with Gasteiger partial charge in [0.1, 0.15) is 16.3 Å². The van der Waals surface area contributed by atoms with E-state index in [1.54, 1.807) is 17.4 Å². The van der Waals surface area contributed by atoms with E-state index in [9.17, 15) is 4.79 Å². The topological polar surface area (TPSA) is 52.1 Å². The van der Waals surface area contributed by atoms with Crippen LogP contribution in [0.2, 0.25) is 0 Å². The third-order valence-electron chi connectivity index (χ3n) is 1.78. The summed E-state index contributed by atoms with van der Waals surface area (Å²) in [6.07, 6.45) is 0. The fourth-order valence-electron chi connectivity index (χ4n) is 1.07. The van der Waals surface area contributed by atoms with Gasteiger partial charge in [-0.15, -0.1) is 11.3 Å². The van der Waals surface area contributed by atoms with Crippen LogP contribution in [0.4, 0.5) is 0 Å². The Morgan fingerprint density at radius 2 is 2.27 bits per heavy atom. The zero-order chi connectivity index (χ0) is 10.8. The van der Waals surface area contributed by atoms with Gasteiger partial charge in [0.25, 0.3) is 0 Å². The third-order valence-corrected chi connectivity index (χ3v) is 3.32. The molecule has 0 saturated heterocycles. The van der Waals surface area contributed by atoms with Crippen LogP contribution in [-0.2, 0) is 4.74 Å². The summed E-state index contributed by atoms with van der Waals surface area (Å²) in [7, 11) is 1.36. The zero-order valence-corrected chi connectivity index (χ0v) is 9.82. The van der Waals surface area contributed by atoms with Crippen LogP contribution in [0.3, 0.4) is 0 Å². The second kappa shape index (κ2) is 4.08. The van der Waals surface area contributed by atoms with E-state index < -0.39 is 0 Å². The van der Waals surface area contributed by atoms with E-state index in [4.69, 9.17) is 0 Å². The van der Waals surface area contributed by atoms with Crippen LogP contribution in [0.15, 0.2) is 11.4 Å². The monoisotopic (exact) mass is 240 g/mol. The van der Waals surface area contributed by atoms with Crippen molar-refractivity contribution >= 4 is 28.8 Å². The second-order valence-corrected chi connectivity index (χ2v) is 4.69. The Morgan fingerprint density at radius 1 is 1.47 bits per heavy atom. The van der Waals surface area contributed by atoms with E-state index in [0.29, 0.717) is 4.88 Å². The second-order valence-electron chi connectivity index (χ2n) is 2.82. The molecule has 0 saturated carbocycles. The molecule has 0 N–H and O–H groups in total. The Labute approximate surface area is 94.7 Å². The molecule has 6 heteroatoms. The van der Waals surface area contributed by atoms with Crippen LogP contribution < -0.4 is 0 Å². The van der Waals surface area contributed by atoms with Crippen molar-refractivity contribution in [1.82, 2.24) is 9.36 Å². The van der Waals surface area contributed by atoms with Gasteiger partial charge in [0.05, 0.1) is 12.1 Å². The number of thiazole rings is 1. The lowest BCUT2D eigenvalue weighted by Gasteiger charge is -1.90. The smallest absolute Gasteiger partial charge is 0.349 e. The summed E-state index contributed by atoms with van der Waals surface area (Å²) < 4.78 is 8.76. The third kappa shape index (κ3) is 2.05. The lowest BCUT2D eigenvalue weighted by molar-refractivity contribution is 0.0606. The van der Waals surface area contributed by atoms with Crippen molar-refractivity contribution in [1.29, 1.82) is 0 Å². The molecule has 0 unspecified atom stereocenters. The molecule has 2 aromatic rings. The van der Waals surface area contributed by atoms with Crippen LogP contribution in [0, 0.1) is 6.92 Å². The van der Waals surface area contributed by atoms with E-state index in [2.05, 4.69) is 14.1 Å². The largest absolute Gasteiger partial charge is 0.465 e. The minimum absolute atomic E-state index is 0.356. The number of carbonyl (C=O) groups is 1. The van der Waals surface area contributed by atoms with Crippen molar-refractivity contribution in [3.05, 3.63) is 21.3 Å². The molecule has 2 rings (SSSR count). The average Bonchev–Trinajstić information content (AvgIpc) is 2.84. The first-order valence-corrected chi connectivity index (χ1v) is 5.83. The van der Waals surface area contributed by atoms with Crippen LogP contribution in [0.5, 0.6) is 0 Å². The molecule has 0 aliphatic carbocycles. The van der Waals surface area contributed by atoms with Gasteiger partial charge in [-0.1, -0.05) is 0 Å². The summed E-state index contributed by atoms with van der Waals surface area (Å²) in [6, 6.07) is 1.70. The molecule has 2 heterocycles. The molecule has 0 aliphatic heterocycles. The van der Waals surface area contributed by atoms with Crippen molar-refractivity contribution in [3.63, 3.8) is 0 Å². The summed E-state index contributed by atoms with van der Waals surface area (Å²) >= 11 is 2.69. The van der Waals surface area contributed by atoms with Crippen LogP contribution in [-0.4, -0.2) is 22.4 Å². The summed E-state index contributed by atoms with van der Waals surface area (Å²) in [6.45, 7) is 1.93. The Bertz CT molecular complexity index is 490. The molecule has 0 aromatic carbocycles. The van der Waals surface area contributed by atoms with Gasteiger partial charge >= 0.3 is 5.97 Å². The SMILES string of the molecule is COC(=O)c1cc(-c2csc(C)n2)ns1. The molecule has 0 atom stereocenters. The van der Waals surface area contributed by atoms with Gasteiger partial charge in [0, 0.05) is 5.38 Å². The minimum atomic E-state index is -0.356. The molecule has 0 spiro atoms. The number of ether oxygens (including phenoxy) is 1. The van der Waals surface area contributed by atoms with Gasteiger partial charge in [0.15, 0.2) is 0 Å². The normalized spacial score (nSPS) is 10.3. The highest BCUT2D eigenvalue weighted by Crippen LogP contribution is 2.23. The molecule has 0 bridgehead atoms. The summed E-state index contributed by atoms with van der Waals surface area (Å²) in [5, 5.41) is 2.91. The number of nitrogens with zero attached hydrogens (tertiary/aromatic N) is 2. The first-order valence-electron chi connectivity index (χ1n) is 4.18. The summed E-state index contributed by atoms with van der Waals surface area (Å²) in [4.78, 5) is 16.0. The number of methoxy groups -OCH3 is 1. The minimum Gasteiger partial charge on any atom is -0.465 e. The molecule has 15 heavy (non-hydrogen) atoms. The van der Waals surface area contributed by atoms with Crippen LogP contribution >= 0.6 is 22.9 Å². The molecule has 4 nitrogen and oxygen atoms in total. The Morgan fingerprint density at radius 3 is 2.87 bits per heavy atom. The molecule has 2 aromatic heterocycles. The molecule has 0 radical (unpaired) electrons. The predicted molar refractivity (Wildman–Crippen MR) is 59.3 cm³/mol. The number of carbonyl (C=O) groups excluding carboxylic acids is 1. The fraction of sp³-hybridized carbons (Fsp3) is 0.222. The van der Waals surface area contributed by atoms with Gasteiger partial charge in [-0.25, -0.2) is 9.78 Å². The number of hydrogen-bond donors (Lipinski definition) is 0. The summed E-state index contributed by atoms with van der Waals surface area (Å²) in [5.74, 6) is -0.356. The predicted octanol–water partition coefficient (Wildman–Crippen LogP) is 2.36. The highest BCUT2D eigenvalue weighted by atomic mass is 32.1. The zero-order valence-electron chi connectivity index (χ0n) is 8.18. The number of esters is 1. The van der Waals surface area contributed by atoms with Crippen molar-refractivity contribution in [2.75, 3.05) is 7.11 Å². The van der Waals surface area contributed by atoms with Crippen molar-refractivity contribution in [2.24, 2.45) is 0 Å². The molecular formula is C9H8N2O2S2. The van der Waals surface area contributed by atoms with Crippen LogP contribution in [0.1, 0.15) is 14.7 Å². The number of hydrogen-bond acceptors (Lipinski definition) is 6. The Kier molecular flexibility index (Phi) is 2.79. The first kappa shape index (κ1) is 10.3. The Balaban J connectivity index is 2.31. The first-order chi connectivity index (χ1) is 7.20. The van der Waals surface area contributed by atoms with Gasteiger partial charge in [-0.3, -0.25) is 0 Å². The molecule has 78 valence electrons. The molecular weight excluding hydrogens is 232 g/mol. The van der Waals surface area contributed by atoms with E-state index in [1.807, 2.05) is 12.3 Å². The molecule has 0 amide bonds. The Hall–Kier alpha value is -1.27. The van der Waals surface area contributed by atoms with Crippen molar-refractivity contribution in [3.8, 4) is 11.4 Å². The number of rotatable bonds is 2. The van der Waals surface area contributed by atoms with Gasteiger partial charge in [-0.2, -0.15) is 4.37 Å². The quantitative estimate of drug-likeness (QED) is 0.756. The van der Waals surface area contributed by atoms with Gasteiger partial charge in [-0.05, 0) is 24.5 Å². The maximum atomic E-state index is 11.2.